The summed E-state index contributed by atoms with van der Waals surface area (Å²) in [5.74, 6) is 0.795. The Hall–Kier alpha value is -0.0800. The largest absolute Gasteiger partial charge is 0.312 e. The predicted molar refractivity (Wildman–Crippen MR) is 87.8 cm³/mol. The minimum atomic E-state index is 0.285. The Bertz CT molecular complexity index is 211. The summed E-state index contributed by atoms with van der Waals surface area (Å²) in [4.78, 5) is 2.64. The van der Waals surface area contributed by atoms with Crippen LogP contribution in [0.4, 0.5) is 0 Å². The Balaban J connectivity index is 4.91. The van der Waals surface area contributed by atoms with Crippen LogP contribution in [0.2, 0.25) is 0 Å². The van der Waals surface area contributed by atoms with Gasteiger partial charge in [-0.15, -0.1) is 0 Å². The highest BCUT2D eigenvalue weighted by molar-refractivity contribution is 4.95. The molecular weight excluding hydrogens is 232 g/mol. The van der Waals surface area contributed by atoms with Gasteiger partial charge in [0.15, 0.2) is 0 Å². The van der Waals surface area contributed by atoms with E-state index in [1.54, 1.807) is 0 Å². The maximum absolute atomic E-state index is 3.82. The van der Waals surface area contributed by atoms with Gasteiger partial charge in [-0.1, -0.05) is 41.5 Å². The molecule has 0 radical (unpaired) electrons. The van der Waals surface area contributed by atoms with E-state index < -0.39 is 0 Å². The van der Waals surface area contributed by atoms with Crippen LogP contribution in [0.5, 0.6) is 0 Å². The third-order valence-electron chi connectivity index (χ3n) is 4.63. The van der Waals surface area contributed by atoms with Crippen molar-refractivity contribution in [2.45, 2.75) is 85.7 Å². The molecule has 2 unspecified atom stereocenters. The predicted octanol–water partition coefficient (Wildman–Crippen LogP) is 4.30. The van der Waals surface area contributed by atoms with Gasteiger partial charge in [-0.05, 0) is 58.2 Å². The van der Waals surface area contributed by atoms with Crippen molar-refractivity contribution in [2.24, 2.45) is 5.92 Å². The fourth-order valence-corrected chi connectivity index (χ4v) is 3.09. The molecule has 0 rings (SSSR count). The fourth-order valence-electron chi connectivity index (χ4n) is 3.09. The van der Waals surface area contributed by atoms with E-state index in [0.29, 0.717) is 6.04 Å². The summed E-state index contributed by atoms with van der Waals surface area (Å²) >= 11 is 0. The maximum atomic E-state index is 3.82. The minimum absolute atomic E-state index is 0.285. The molecule has 0 saturated carbocycles. The quantitative estimate of drug-likeness (QED) is 0.602. The summed E-state index contributed by atoms with van der Waals surface area (Å²) < 4.78 is 0. The smallest absolute Gasteiger partial charge is 0.0331 e. The first-order valence-electron chi connectivity index (χ1n) is 8.44. The molecule has 0 heterocycles. The van der Waals surface area contributed by atoms with E-state index in [-0.39, 0.29) is 5.54 Å². The van der Waals surface area contributed by atoms with E-state index >= 15 is 0 Å². The highest BCUT2D eigenvalue weighted by atomic mass is 15.2. The zero-order valence-corrected chi connectivity index (χ0v) is 14.6. The van der Waals surface area contributed by atoms with Crippen molar-refractivity contribution in [3.05, 3.63) is 0 Å². The Morgan fingerprint density at radius 3 is 1.95 bits per heavy atom. The number of nitrogens with zero attached hydrogens (tertiary/aromatic N) is 1. The van der Waals surface area contributed by atoms with Gasteiger partial charge in [-0.25, -0.2) is 0 Å². The first kappa shape index (κ1) is 18.9. The summed E-state index contributed by atoms with van der Waals surface area (Å²) in [6.45, 7) is 19.7. The van der Waals surface area contributed by atoms with Crippen molar-refractivity contribution in [2.75, 3.05) is 19.6 Å². The van der Waals surface area contributed by atoms with Gasteiger partial charge < -0.3 is 5.32 Å². The van der Waals surface area contributed by atoms with Gasteiger partial charge in [-0.3, -0.25) is 4.90 Å². The topological polar surface area (TPSA) is 15.3 Å². The molecule has 0 aliphatic heterocycles. The maximum Gasteiger partial charge on any atom is 0.0331 e. The molecule has 2 atom stereocenters. The number of likely N-dealkylation sites (N-methyl/N-ethyl adjacent to an activating group) is 1. The van der Waals surface area contributed by atoms with Crippen LogP contribution in [0.1, 0.15) is 74.1 Å². The molecule has 0 aromatic carbocycles. The zero-order chi connectivity index (χ0) is 14.9. The third-order valence-corrected chi connectivity index (χ3v) is 4.63. The van der Waals surface area contributed by atoms with Crippen LogP contribution in [-0.2, 0) is 0 Å². The highest BCUT2D eigenvalue weighted by Gasteiger charge is 2.36. The average molecular weight is 271 g/mol. The summed E-state index contributed by atoms with van der Waals surface area (Å²) in [7, 11) is 0. The molecule has 0 fully saturated rings. The first-order chi connectivity index (χ1) is 8.96. The van der Waals surface area contributed by atoms with Gasteiger partial charge in [0.2, 0.25) is 0 Å². The third kappa shape index (κ3) is 5.83. The number of nitrogens with one attached hydrogen (secondary N) is 1. The van der Waals surface area contributed by atoms with Crippen LogP contribution in [0.3, 0.4) is 0 Å². The van der Waals surface area contributed by atoms with Gasteiger partial charge in [0.05, 0.1) is 0 Å². The van der Waals surface area contributed by atoms with Crippen molar-refractivity contribution < 1.29 is 0 Å². The van der Waals surface area contributed by atoms with Gasteiger partial charge in [-0.2, -0.15) is 0 Å². The van der Waals surface area contributed by atoms with Crippen LogP contribution >= 0.6 is 0 Å². The minimum Gasteiger partial charge on any atom is -0.312 e. The van der Waals surface area contributed by atoms with Crippen LogP contribution in [0, 0.1) is 5.92 Å². The summed E-state index contributed by atoms with van der Waals surface area (Å²) in [5, 5.41) is 3.82. The molecule has 19 heavy (non-hydrogen) atoms. The molecule has 2 heteroatoms. The van der Waals surface area contributed by atoms with Gasteiger partial charge in [0.1, 0.15) is 0 Å². The fraction of sp³-hybridized carbons (Fsp3) is 1.00. The molecule has 0 spiro atoms. The van der Waals surface area contributed by atoms with E-state index in [0.717, 1.165) is 25.6 Å². The summed E-state index contributed by atoms with van der Waals surface area (Å²) in [6, 6.07) is 0.611. The Kier molecular flexibility index (Phi) is 9.72. The second kappa shape index (κ2) is 9.77. The number of hydrogen-bond donors (Lipinski definition) is 1. The second-order valence-corrected chi connectivity index (χ2v) is 6.36. The van der Waals surface area contributed by atoms with Gasteiger partial charge >= 0.3 is 0 Å². The molecule has 0 saturated heterocycles. The van der Waals surface area contributed by atoms with Crippen LogP contribution in [-0.4, -0.2) is 36.1 Å². The van der Waals surface area contributed by atoms with Gasteiger partial charge in [0, 0.05) is 11.6 Å². The molecule has 1 N–H and O–H groups in total. The molecule has 0 aromatic rings. The normalized spacial score (nSPS) is 16.9. The van der Waals surface area contributed by atoms with E-state index in [1.165, 1.54) is 25.7 Å². The van der Waals surface area contributed by atoms with Crippen molar-refractivity contribution in [3.8, 4) is 0 Å². The SMILES string of the molecule is CCCNC(CCC(C)C)C(C)(CC)N(CC)CC. The van der Waals surface area contributed by atoms with E-state index in [9.17, 15) is 0 Å². The Morgan fingerprint density at radius 1 is 1.00 bits per heavy atom. The molecule has 0 amide bonds. The van der Waals surface area contributed by atoms with Crippen molar-refractivity contribution in [3.63, 3.8) is 0 Å². The second-order valence-electron chi connectivity index (χ2n) is 6.36. The number of hydrogen-bond acceptors (Lipinski definition) is 2. The van der Waals surface area contributed by atoms with E-state index in [4.69, 9.17) is 0 Å². The Morgan fingerprint density at radius 2 is 1.58 bits per heavy atom. The molecule has 0 aliphatic carbocycles. The first-order valence-corrected chi connectivity index (χ1v) is 8.44. The monoisotopic (exact) mass is 270 g/mol. The lowest BCUT2D eigenvalue weighted by molar-refractivity contribution is 0.0645. The van der Waals surface area contributed by atoms with Crippen LogP contribution in [0.25, 0.3) is 0 Å². The molecule has 0 aromatic heterocycles. The van der Waals surface area contributed by atoms with E-state index in [1.807, 2.05) is 0 Å². The lowest BCUT2D eigenvalue weighted by Gasteiger charge is -2.46. The molecule has 116 valence electrons. The van der Waals surface area contributed by atoms with Gasteiger partial charge in [0.25, 0.3) is 0 Å². The van der Waals surface area contributed by atoms with E-state index in [2.05, 4.69) is 58.7 Å². The summed E-state index contributed by atoms with van der Waals surface area (Å²) in [6.07, 6.45) is 5.04. The standard InChI is InChI=1S/C17H38N2/c1-8-14-18-16(13-12-15(5)6)17(7,9-2)19(10-3)11-4/h15-16,18H,8-14H2,1-7H3. The number of rotatable bonds is 11. The zero-order valence-electron chi connectivity index (χ0n) is 14.6. The van der Waals surface area contributed by atoms with Crippen LogP contribution in [0.15, 0.2) is 0 Å². The van der Waals surface area contributed by atoms with Crippen molar-refractivity contribution >= 4 is 0 Å². The van der Waals surface area contributed by atoms with Crippen molar-refractivity contribution in [1.29, 1.82) is 0 Å². The Labute approximate surface area is 122 Å². The molecule has 2 nitrogen and oxygen atoms in total. The highest BCUT2D eigenvalue weighted by Crippen LogP contribution is 2.27. The molecule has 0 aliphatic rings. The molecular formula is C17H38N2. The molecule has 0 bridgehead atoms. The summed E-state index contributed by atoms with van der Waals surface area (Å²) in [5.41, 5.74) is 0.285. The van der Waals surface area contributed by atoms with Crippen molar-refractivity contribution in [1.82, 2.24) is 10.2 Å². The average Bonchev–Trinajstić information content (AvgIpc) is 2.39. The van der Waals surface area contributed by atoms with Crippen LogP contribution < -0.4 is 5.32 Å². The lowest BCUT2D eigenvalue weighted by Crippen LogP contribution is -2.59. The lowest BCUT2D eigenvalue weighted by atomic mass is 9.83.